The minimum atomic E-state index is 0.0680. The lowest BCUT2D eigenvalue weighted by atomic mass is 9.91. The van der Waals surface area contributed by atoms with Crippen molar-refractivity contribution in [2.24, 2.45) is 59.9 Å². The number of hydrogen-bond acceptors (Lipinski definition) is 12. The molecule has 14 rings (SSSR count). The van der Waals surface area contributed by atoms with Gasteiger partial charge in [0.1, 0.15) is 0 Å². The summed E-state index contributed by atoms with van der Waals surface area (Å²) >= 11 is 0. The predicted molar refractivity (Wildman–Crippen MR) is 353 cm³/mol. The van der Waals surface area contributed by atoms with E-state index in [4.69, 9.17) is 59.9 Å². The quantitative estimate of drug-likeness (QED) is 0.165. The van der Waals surface area contributed by atoms with Gasteiger partial charge in [0.25, 0.3) is 0 Å². The monoisotopic (exact) mass is 1120 g/mol. The van der Waals surface area contributed by atoms with Crippen LogP contribution in [0.1, 0.15) is 221 Å². The third kappa shape index (κ3) is 14.7. The molecule has 12 heteroatoms. The molecule has 6 saturated carbocycles. The molecule has 0 radical (unpaired) electrons. The Morgan fingerprint density at radius 1 is 0.143 bits per heavy atom. The molecule has 4 aromatic rings. The minimum Gasteiger partial charge on any atom is -0.287 e. The van der Waals surface area contributed by atoms with E-state index in [1.807, 2.05) is 0 Å². The van der Waals surface area contributed by atoms with Gasteiger partial charge in [-0.3, -0.25) is 59.9 Å². The minimum absolute atomic E-state index is 0.0680. The molecule has 4 aliphatic heterocycles. The van der Waals surface area contributed by atoms with Crippen molar-refractivity contribution in [2.75, 3.05) is 0 Å². The fraction of sp³-hybridized carbons (Fsp3) is 0.500. The maximum absolute atomic E-state index is 5.41. The first-order valence-corrected chi connectivity index (χ1v) is 32.5. The summed E-state index contributed by atoms with van der Waals surface area (Å²) in [6.07, 6.45) is 50.8. The summed E-state index contributed by atoms with van der Waals surface area (Å²) in [7, 11) is 0. The zero-order valence-corrected chi connectivity index (χ0v) is 49.1. The SMILES string of the molecule is C1=N[C@@H]2CCCC[C@H]2N=Cc2cc3cc(c2)C=N[C@@H]2CCCC[C@H]2N=Cc2cc4cc(c2)C=N[C@@H]2CCCC[C@H]2N=Cc2cc(cc(c2)C=N[C@@H]2CCCC[C@H]2N=C3)C=N[C@@H]2CCCC[C@H]2N=Cc2cc1cc(c2)C=N[C@@H]1CCCC[C@H]1N=C4. The van der Waals surface area contributed by atoms with E-state index in [1.54, 1.807) is 0 Å². The first-order valence-electron chi connectivity index (χ1n) is 32.5. The molecule has 4 heterocycles. The van der Waals surface area contributed by atoms with E-state index >= 15 is 0 Å². The predicted octanol–water partition coefficient (Wildman–Crippen LogP) is 13.7. The van der Waals surface area contributed by atoms with E-state index in [-0.39, 0.29) is 72.5 Å². The van der Waals surface area contributed by atoms with Gasteiger partial charge in [0.05, 0.1) is 72.5 Å². The molecular formula is C72H84N12. The van der Waals surface area contributed by atoms with Gasteiger partial charge in [0.15, 0.2) is 0 Å². The highest BCUT2D eigenvalue weighted by atomic mass is 14.9. The maximum atomic E-state index is 5.41. The van der Waals surface area contributed by atoms with Crippen LogP contribution >= 0.6 is 0 Å². The molecule has 12 nitrogen and oxygen atoms in total. The molecule has 0 unspecified atom stereocenters. The topological polar surface area (TPSA) is 148 Å². The number of benzene rings is 4. The molecule has 6 aliphatic carbocycles. The largest absolute Gasteiger partial charge is 0.287 e. The molecule has 4 aromatic carbocycles. The summed E-state index contributed by atoms with van der Waals surface area (Å²) in [6.45, 7) is 0. The van der Waals surface area contributed by atoms with Crippen molar-refractivity contribution >= 4 is 74.6 Å². The average Bonchev–Trinajstić information content (AvgIpc) is 3.66. The molecular weight excluding hydrogens is 1030 g/mol. The van der Waals surface area contributed by atoms with E-state index in [1.165, 1.54) is 0 Å². The van der Waals surface area contributed by atoms with Gasteiger partial charge >= 0.3 is 0 Å². The Morgan fingerprint density at radius 2 is 0.226 bits per heavy atom. The number of aliphatic imine (C=N–C) groups is 12. The Hall–Kier alpha value is -7.08. The van der Waals surface area contributed by atoms with Crippen molar-refractivity contribution in [3.63, 3.8) is 0 Å². The van der Waals surface area contributed by atoms with Gasteiger partial charge in [-0.2, -0.15) is 0 Å². The van der Waals surface area contributed by atoms with Crippen LogP contribution in [0.3, 0.4) is 0 Å². The maximum Gasteiger partial charge on any atom is 0.0723 e. The highest BCUT2D eigenvalue weighted by molar-refractivity contribution is 5.96. The first kappa shape index (κ1) is 56.1. The van der Waals surface area contributed by atoms with Gasteiger partial charge in [0, 0.05) is 74.6 Å². The average molecular weight is 1120 g/mol. The molecule has 12 bridgehead atoms. The van der Waals surface area contributed by atoms with Crippen LogP contribution < -0.4 is 0 Å². The molecule has 10 aliphatic rings. The Labute approximate surface area is 498 Å². The van der Waals surface area contributed by atoms with Crippen molar-refractivity contribution < 1.29 is 0 Å². The normalized spacial score (nSPS) is 30.6. The third-order valence-corrected chi connectivity index (χ3v) is 19.1. The van der Waals surface area contributed by atoms with Crippen LogP contribution in [0.2, 0.25) is 0 Å². The summed E-state index contributed by atoms with van der Waals surface area (Å²) in [5.74, 6) is 0. The molecule has 0 N–H and O–H groups in total. The lowest BCUT2D eigenvalue weighted by Crippen LogP contribution is -2.27. The Kier molecular flexibility index (Phi) is 18.2. The van der Waals surface area contributed by atoms with Gasteiger partial charge in [-0.15, -0.1) is 0 Å². The Bertz CT molecular complexity index is 2510. The molecule has 6 fully saturated rings. The van der Waals surface area contributed by atoms with Gasteiger partial charge in [-0.05, 0) is 217 Å². The smallest absolute Gasteiger partial charge is 0.0723 e. The fourth-order valence-electron chi connectivity index (χ4n) is 14.5. The van der Waals surface area contributed by atoms with E-state index in [0.29, 0.717) is 0 Å². The van der Waals surface area contributed by atoms with E-state index in [2.05, 4.69) is 147 Å². The van der Waals surface area contributed by atoms with Gasteiger partial charge < -0.3 is 0 Å². The second kappa shape index (κ2) is 27.3. The van der Waals surface area contributed by atoms with Crippen LogP contribution in [0, 0.1) is 0 Å². The number of rotatable bonds is 0. The lowest BCUT2D eigenvalue weighted by Gasteiger charge is -2.26. The van der Waals surface area contributed by atoms with Crippen LogP contribution in [0.15, 0.2) is 133 Å². The molecule has 84 heavy (non-hydrogen) atoms. The van der Waals surface area contributed by atoms with E-state index in [9.17, 15) is 0 Å². The van der Waals surface area contributed by atoms with E-state index in [0.717, 1.165) is 221 Å². The zero-order chi connectivity index (χ0) is 56.3. The standard InChI is InChI=1S/C72H84N12/c1-2-14-62-61(13-1)73-37-49-25-51-29-52(26-49)40-76-64-16-4-6-18-66(64)80-44-56-32-58-36-60(34-56)48-84-72-24-12-11-23-71(72)83-47-59-33-55(43-79-65-17-5-3-15-63(65)75-39-51)31-57(35-59)45-81-69-21-9-7-19-67(69)77-41-53-27-50(38-74-62)28-54(30-53)42-78-68-20-8-10-22-70(68)82-46-58/h25-48,61-72H,1-24H2/t61-,62-,63-,64-,65-,66-,67-,68-,69-,70-,71-,72-/m1/s1. The van der Waals surface area contributed by atoms with Gasteiger partial charge in [0.2, 0.25) is 0 Å². The molecule has 432 valence electrons. The number of hydrogen-bond donors (Lipinski definition) is 0. The van der Waals surface area contributed by atoms with Crippen molar-refractivity contribution in [2.45, 2.75) is 227 Å². The summed E-state index contributed by atoms with van der Waals surface area (Å²) in [5, 5.41) is 0. The van der Waals surface area contributed by atoms with Crippen molar-refractivity contribution in [1.29, 1.82) is 0 Å². The van der Waals surface area contributed by atoms with Gasteiger partial charge in [-0.1, -0.05) is 77.0 Å². The van der Waals surface area contributed by atoms with Crippen LogP contribution in [-0.4, -0.2) is 147 Å². The van der Waals surface area contributed by atoms with Crippen molar-refractivity contribution in [3.8, 4) is 0 Å². The third-order valence-electron chi connectivity index (χ3n) is 19.1. The molecule has 12 atom stereocenters. The Balaban J connectivity index is 1.00. The number of nitrogens with zero attached hydrogens (tertiary/aromatic N) is 12. The highest BCUT2D eigenvalue weighted by Crippen LogP contribution is 2.31. The van der Waals surface area contributed by atoms with Crippen LogP contribution in [0.25, 0.3) is 0 Å². The second-order valence-corrected chi connectivity index (χ2v) is 25.6. The molecule has 0 amide bonds. The second-order valence-electron chi connectivity index (χ2n) is 25.6. The molecule has 0 spiro atoms. The fourth-order valence-corrected chi connectivity index (χ4v) is 14.5. The van der Waals surface area contributed by atoms with Crippen LogP contribution in [0.5, 0.6) is 0 Å². The van der Waals surface area contributed by atoms with Gasteiger partial charge in [-0.25, -0.2) is 0 Å². The van der Waals surface area contributed by atoms with Crippen LogP contribution in [0.4, 0.5) is 0 Å². The zero-order valence-electron chi connectivity index (χ0n) is 49.1. The first-order chi connectivity index (χ1) is 41.5. The van der Waals surface area contributed by atoms with Crippen molar-refractivity contribution in [3.05, 3.63) is 140 Å². The summed E-state index contributed by atoms with van der Waals surface area (Å²) in [5.41, 5.74) is 12.6. The van der Waals surface area contributed by atoms with Crippen LogP contribution in [-0.2, 0) is 0 Å². The summed E-state index contributed by atoms with van der Waals surface area (Å²) in [6, 6.07) is 27.7. The highest BCUT2D eigenvalue weighted by Gasteiger charge is 2.29. The summed E-state index contributed by atoms with van der Waals surface area (Å²) < 4.78 is 0. The summed E-state index contributed by atoms with van der Waals surface area (Å²) in [4.78, 5) is 64.9. The van der Waals surface area contributed by atoms with Crippen molar-refractivity contribution in [1.82, 2.24) is 0 Å². The van der Waals surface area contributed by atoms with E-state index < -0.39 is 0 Å². The molecule has 0 saturated heterocycles. The lowest BCUT2D eigenvalue weighted by molar-refractivity contribution is 0.390. The molecule has 0 aromatic heterocycles. The Morgan fingerprint density at radius 3 is 0.310 bits per heavy atom.